The fourth-order valence-corrected chi connectivity index (χ4v) is 6.28. The summed E-state index contributed by atoms with van der Waals surface area (Å²) >= 11 is 0. The smallest absolute Gasteiger partial charge is 0.337 e. The lowest BCUT2D eigenvalue weighted by molar-refractivity contribution is -0.119. The van der Waals surface area contributed by atoms with Crippen molar-refractivity contribution in [2.75, 3.05) is 21.9 Å². The van der Waals surface area contributed by atoms with Gasteiger partial charge in [0, 0.05) is 5.69 Å². The van der Waals surface area contributed by atoms with E-state index < -0.39 is 37.8 Å². The van der Waals surface area contributed by atoms with Crippen LogP contribution in [0.1, 0.15) is 22.8 Å². The minimum atomic E-state index is -4.04. The largest absolute Gasteiger partial charge is 0.465 e. The monoisotopic (exact) mass is 452 g/mol. The number of aryl methyl sites for hydroxylation is 1. The minimum absolute atomic E-state index is 0.0909. The van der Waals surface area contributed by atoms with Crippen molar-refractivity contribution in [3.05, 3.63) is 53.6 Å². The van der Waals surface area contributed by atoms with Crippen molar-refractivity contribution in [2.45, 2.75) is 18.7 Å². The van der Waals surface area contributed by atoms with Crippen molar-refractivity contribution in [3.8, 4) is 0 Å². The first-order chi connectivity index (χ1) is 14.0. The number of rotatable bonds is 5. The molecule has 1 atom stereocenters. The summed E-state index contributed by atoms with van der Waals surface area (Å²) in [4.78, 5) is 23.8. The highest BCUT2D eigenvalue weighted by Crippen LogP contribution is 2.31. The van der Waals surface area contributed by atoms with Crippen LogP contribution in [0.3, 0.4) is 0 Å². The first-order valence-electron chi connectivity index (χ1n) is 8.85. The third-order valence-electron chi connectivity index (χ3n) is 4.58. The van der Waals surface area contributed by atoms with Gasteiger partial charge in [0.15, 0.2) is 0 Å². The van der Waals surface area contributed by atoms with E-state index in [1.165, 1.54) is 63.4 Å². The molecule has 0 radical (unpaired) electrons. The molecule has 0 bridgehead atoms. The highest BCUT2D eigenvalue weighted by molar-refractivity contribution is 7.94. The Kier molecular flexibility index (Phi) is 5.61. The van der Waals surface area contributed by atoms with Crippen LogP contribution in [0.2, 0.25) is 0 Å². The maximum atomic E-state index is 12.8. The Morgan fingerprint density at radius 2 is 1.90 bits per heavy atom. The van der Waals surface area contributed by atoms with Gasteiger partial charge in [0.1, 0.15) is 0 Å². The van der Waals surface area contributed by atoms with Crippen molar-refractivity contribution in [2.24, 2.45) is 5.92 Å². The molecule has 3 rings (SSSR count). The zero-order valence-electron chi connectivity index (χ0n) is 16.4. The number of hydrogen-bond acceptors (Lipinski definition) is 7. The molecule has 2 aromatic carbocycles. The second-order valence-corrected chi connectivity index (χ2v) is 10.4. The van der Waals surface area contributed by atoms with Crippen LogP contribution in [-0.4, -0.2) is 41.6 Å². The van der Waals surface area contributed by atoms with Gasteiger partial charge in [0.25, 0.3) is 10.0 Å². The predicted octanol–water partition coefficient (Wildman–Crippen LogP) is 1.89. The molecule has 1 heterocycles. The summed E-state index contributed by atoms with van der Waals surface area (Å²) in [5.74, 6) is -2.12. The topological polar surface area (TPSA) is 127 Å². The Morgan fingerprint density at radius 3 is 2.47 bits per heavy atom. The molecule has 30 heavy (non-hydrogen) atoms. The van der Waals surface area contributed by atoms with Crippen molar-refractivity contribution >= 4 is 43.3 Å². The lowest BCUT2D eigenvalue weighted by Crippen LogP contribution is -2.30. The number of nitrogens with one attached hydrogen (secondary N) is 1. The van der Waals surface area contributed by atoms with Gasteiger partial charge in [-0.05, 0) is 48.9 Å². The molecule has 0 spiro atoms. The van der Waals surface area contributed by atoms with Gasteiger partial charge in [0.05, 0.1) is 34.9 Å². The average molecular weight is 453 g/mol. The molecule has 1 aliphatic rings. The Labute approximate surface area is 174 Å². The van der Waals surface area contributed by atoms with E-state index in [-0.39, 0.29) is 33.2 Å². The first-order valence-corrected chi connectivity index (χ1v) is 11.9. The highest BCUT2D eigenvalue weighted by atomic mass is 32.2. The predicted molar refractivity (Wildman–Crippen MR) is 110 cm³/mol. The number of nitrogens with zero attached hydrogens (tertiary/aromatic N) is 1. The second kappa shape index (κ2) is 7.73. The number of carbonyl (C=O) groups is 2. The van der Waals surface area contributed by atoms with Crippen molar-refractivity contribution < 1.29 is 31.2 Å². The maximum absolute atomic E-state index is 12.8. The standard InChI is InChI=1S/C19H20N2O7S2/c1-12-9-16(21-18(22)13(2)11-29(21,24)25)7-8-17(12)30(26,27)20-15-6-4-5-14(10-15)19(23)28-3/h4-10,13,20H,11H2,1-3H3/t13-/m1/s1. The molecular weight excluding hydrogens is 432 g/mol. The third-order valence-corrected chi connectivity index (χ3v) is 7.99. The van der Waals surface area contributed by atoms with Crippen LogP contribution in [0, 0.1) is 12.8 Å². The third kappa shape index (κ3) is 4.03. The highest BCUT2D eigenvalue weighted by Gasteiger charge is 2.42. The molecule has 1 amide bonds. The van der Waals surface area contributed by atoms with Crippen LogP contribution >= 0.6 is 0 Å². The Hall–Kier alpha value is -2.92. The van der Waals surface area contributed by atoms with Crippen molar-refractivity contribution in [1.82, 2.24) is 0 Å². The minimum Gasteiger partial charge on any atom is -0.465 e. The summed E-state index contributed by atoms with van der Waals surface area (Å²) in [5, 5.41) is 0. The Bertz CT molecular complexity index is 1240. The Morgan fingerprint density at radius 1 is 1.20 bits per heavy atom. The van der Waals surface area contributed by atoms with Crippen LogP contribution in [-0.2, 0) is 29.6 Å². The molecule has 2 aromatic rings. The molecule has 0 saturated carbocycles. The normalized spacial score (nSPS) is 18.3. The van der Waals surface area contributed by atoms with E-state index >= 15 is 0 Å². The maximum Gasteiger partial charge on any atom is 0.337 e. The summed E-state index contributed by atoms with van der Waals surface area (Å²) in [5.41, 5.74) is 0.685. The lowest BCUT2D eigenvalue weighted by Gasteiger charge is -2.17. The van der Waals surface area contributed by atoms with Crippen LogP contribution < -0.4 is 9.03 Å². The number of methoxy groups -OCH3 is 1. The molecule has 1 N–H and O–H groups in total. The van der Waals surface area contributed by atoms with E-state index in [0.29, 0.717) is 4.31 Å². The summed E-state index contributed by atoms with van der Waals surface area (Å²) in [7, 11) is -6.62. The molecule has 0 aromatic heterocycles. The van der Waals surface area contributed by atoms with Crippen molar-refractivity contribution in [3.63, 3.8) is 0 Å². The fourth-order valence-electron chi connectivity index (χ4n) is 3.19. The lowest BCUT2D eigenvalue weighted by atomic mass is 10.2. The van der Waals surface area contributed by atoms with E-state index in [4.69, 9.17) is 0 Å². The molecule has 11 heteroatoms. The number of carbonyl (C=O) groups excluding carboxylic acids is 2. The number of esters is 1. The van der Waals surface area contributed by atoms with Gasteiger partial charge in [0.2, 0.25) is 15.9 Å². The molecule has 160 valence electrons. The summed E-state index contributed by atoms with van der Waals surface area (Å²) in [6, 6.07) is 9.66. The second-order valence-electron chi connectivity index (χ2n) is 6.91. The molecule has 0 unspecified atom stereocenters. The molecule has 9 nitrogen and oxygen atoms in total. The van der Waals surface area contributed by atoms with Gasteiger partial charge in [-0.2, -0.15) is 0 Å². The van der Waals surface area contributed by atoms with E-state index in [1.54, 1.807) is 0 Å². The van der Waals surface area contributed by atoms with Gasteiger partial charge in [-0.25, -0.2) is 25.9 Å². The summed E-state index contributed by atoms with van der Waals surface area (Å²) < 4.78 is 57.9. The molecular formula is C19H20N2O7S2. The van der Waals surface area contributed by atoms with E-state index in [1.807, 2.05) is 0 Å². The van der Waals surface area contributed by atoms with Crippen molar-refractivity contribution in [1.29, 1.82) is 0 Å². The summed E-state index contributed by atoms with van der Waals surface area (Å²) in [6.45, 7) is 3.03. The molecule has 0 aliphatic carbocycles. The Balaban J connectivity index is 1.93. The summed E-state index contributed by atoms with van der Waals surface area (Å²) in [6.07, 6.45) is 0. The van der Waals surface area contributed by atoms with Crippen LogP contribution in [0.25, 0.3) is 0 Å². The van der Waals surface area contributed by atoms with Gasteiger partial charge >= 0.3 is 5.97 Å². The molecule has 1 fully saturated rings. The van der Waals surface area contributed by atoms with Crippen LogP contribution in [0.5, 0.6) is 0 Å². The number of amides is 1. The van der Waals surface area contributed by atoms with Crippen LogP contribution in [0.4, 0.5) is 11.4 Å². The molecule has 1 aliphatic heterocycles. The van der Waals surface area contributed by atoms with Gasteiger partial charge < -0.3 is 4.74 Å². The molecule has 1 saturated heterocycles. The number of hydrogen-bond donors (Lipinski definition) is 1. The average Bonchev–Trinajstić information content (AvgIpc) is 2.87. The number of benzene rings is 2. The van der Waals surface area contributed by atoms with E-state index in [9.17, 15) is 26.4 Å². The number of sulfonamides is 2. The number of ether oxygens (including phenoxy) is 1. The zero-order chi connectivity index (χ0) is 22.3. The first kappa shape index (κ1) is 21.8. The zero-order valence-corrected chi connectivity index (χ0v) is 18.1. The van der Waals surface area contributed by atoms with E-state index in [0.717, 1.165) is 0 Å². The van der Waals surface area contributed by atoms with Gasteiger partial charge in [-0.3, -0.25) is 9.52 Å². The SMILES string of the molecule is COC(=O)c1cccc(NS(=O)(=O)c2ccc(N3C(=O)[C@H](C)CS3(=O)=O)cc2C)c1. The quantitative estimate of drug-likeness (QED) is 0.686. The van der Waals surface area contributed by atoms with Crippen LogP contribution in [0.15, 0.2) is 47.4 Å². The van der Waals surface area contributed by atoms with Gasteiger partial charge in [-0.15, -0.1) is 0 Å². The number of anilines is 2. The van der Waals surface area contributed by atoms with Gasteiger partial charge in [-0.1, -0.05) is 13.0 Å². The fraction of sp³-hybridized carbons (Fsp3) is 0.263. The van der Waals surface area contributed by atoms with E-state index in [2.05, 4.69) is 9.46 Å².